The highest BCUT2D eigenvalue weighted by Crippen LogP contribution is 2.04. The number of hydrogen-bond donors (Lipinski definition) is 1. The maximum absolute atomic E-state index is 4.90. The number of hydrazone groups is 1. The third-order valence-electron chi connectivity index (χ3n) is 1.27. The van der Waals surface area contributed by atoms with E-state index in [1.807, 2.05) is 24.5 Å². The quantitative estimate of drug-likeness (QED) is 0.393. The Labute approximate surface area is 101 Å². The van der Waals surface area contributed by atoms with Crippen LogP contribution >= 0.6 is 39.9 Å². The number of rotatable bonds is 2. The smallest absolute Gasteiger partial charge is 0.153 e. The van der Waals surface area contributed by atoms with Crippen LogP contribution in [0.2, 0.25) is 0 Å². The maximum atomic E-state index is 4.90. The zero-order valence-corrected chi connectivity index (χ0v) is 10.6. The van der Waals surface area contributed by atoms with Gasteiger partial charge in [-0.3, -0.25) is 5.43 Å². The van der Waals surface area contributed by atoms with Crippen molar-refractivity contribution in [3.8, 4) is 0 Å². The molecule has 1 aromatic heterocycles. The second kappa shape index (κ2) is 6.10. The van der Waals surface area contributed by atoms with Crippen LogP contribution in [0.15, 0.2) is 27.9 Å². The Kier molecular flexibility index (Phi) is 5.06. The number of nitrogens with one attached hydrogen (secondary N) is 1. The molecule has 0 fully saturated rings. The third-order valence-corrected chi connectivity index (χ3v) is 2.77. The number of thiocarbonyl (C=S) groups is 1. The minimum atomic E-state index is 0.635. The van der Waals surface area contributed by atoms with Gasteiger partial charge in [0.05, 0.1) is 11.9 Å². The number of aromatic nitrogens is 1. The molecule has 0 saturated heterocycles. The fourth-order valence-corrected chi connectivity index (χ4v) is 1.25. The molecule has 0 atom stereocenters. The molecule has 1 aromatic rings. The largest absolute Gasteiger partial charge is 0.262 e. The van der Waals surface area contributed by atoms with Gasteiger partial charge in [-0.1, -0.05) is 30.0 Å². The normalized spacial score (nSPS) is 10.4. The molecule has 6 heteroatoms. The molecule has 0 saturated carbocycles. The number of halogens is 1. The highest BCUT2D eigenvalue weighted by atomic mass is 79.9. The number of pyridine rings is 1. The second-order valence-corrected chi connectivity index (χ2v) is 4.54. The molecule has 0 aromatic carbocycles. The lowest BCUT2D eigenvalue weighted by Crippen LogP contribution is -2.10. The van der Waals surface area contributed by atoms with Gasteiger partial charge in [0.1, 0.15) is 4.60 Å². The first kappa shape index (κ1) is 11.6. The predicted molar refractivity (Wildman–Crippen MR) is 68.8 cm³/mol. The lowest BCUT2D eigenvalue weighted by molar-refractivity contribution is 1.07. The fraction of sp³-hybridized carbons (Fsp3) is 0.125. The van der Waals surface area contributed by atoms with Crippen molar-refractivity contribution in [1.82, 2.24) is 10.4 Å². The van der Waals surface area contributed by atoms with Gasteiger partial charge in [0, 0.05) is 0 Å². The summed E-state index contributed by atoms with van der Waals surface area (Å²) in [5, 5.41) is 3.93. The van der Waals surface area contributed by atoms with Crippen molar-refractivity contribution < 1.29 is 0 Å². The summed E-state index contributed by atoms with van der Waals surface area (Å²) < 4.78 is 1.42. The molecule has 0 spiro atoms. The zero-order valence-electron chi connectivity index (χ0n) is 7.40. The molecule has 0 radical (unpaired) electrons. The van der Waals surface area contributed by atoms with E-state index in [1.54, 1.807) is 6.21 Å². The van der Waals surface area contributed by atoms with Crippen molar-refractivity contribution in [3.05, 3.63) is 28.5 Å². The van der Waals surface area contributed by atoms with Gasteiger partial charge in [-0.05, 0) is 34.3 Å². The van der Waals surface area contributed by atoms with Crippen LogP contribution in [0.25, 0.3) is 0 Å². The van der Waals surface area contributed by atoms with Gasteiger partial charge in [-0.25, -0.2) is 4.98 Å². The summed E-state index contributed by atoms with van der Waals surface area (Å²) in [4.78, 5) is 4.17. The molecular formula is C8H8BrN3S2. The number of nitrogens with zero attached hydrogens (tertiary/aromatic N) is 2. The summed E-state index contributed by atoms with van der Waals surface area (Å²) in [5.41, 5.74) is 3.48. The van der Waals surface area contributed by atoms with Gasteiger partial charge >= 0.3 is 0 Å². The van der Waals surface area contributed by atoms with Crippen molar-refractivity contribution in [2.75, 3.05) is 6.26 Å². The molecule has 0 aliphatic heterocycles. The van der Waals surface area contributed by atoms with Crippen LogP contribution < -0.4 is 5.43 Å². The van der Waals surface area contributed by atoms with Crippen LogP contribution in [-0.2, 0) is 0 Å². The van der Waals surface area contributed by atoms with Crippen molar-refractivity contribution in [1.29, 1.82) is 0 Å². The van der Waals surface area contributed by atoms with Crippen LogP contribution in [-0.4, -0.2) is 21.8 Å². The van der Waals surface area contributed by atoms with Gasteiger partial charge in [0.2, 0.25) is 0 Å². The molecule has 1 heterocycles. The highest BCUT2D eigenvalue weighted by Gasteiger charge is 1.91. The van der Waals surface area contributed by atoms with Crippen molar-refractivity contribution >= 4 is 50.4 Å². The van der Waals surface area contributed by atoms with Crippen LogP contribution in [0.3, 0.4) is 0 Å². The Balaban J connectivity index is 2.56. The van der Waals surface area contributed by atoms with Gasteiger partial charge in [-0.2, -0.15) is 5.10 Å². The first-order chi connectivity index (χ1) is 6.72. The average molecular weight is 290 g/mol. The summed E-state index contributed by atoms with van der Waals surface area (Å²) in [7, 11) is 0. The topological polar surface area (TPSA) is 37.3 Å². The van der Waals surface area contributed by atoms with Gasteiger partial charge in [-0.15, -0.1) is 0 Å². The molecule has 0 aliphatic rings. The molecule has 3 nitrogen and oxygen atoms in total. The highest BCUT2D eigenvalue weighted by molar-refractivity contribution is 9.10. The van der Waals surface area contributed by atoms with Crippen molar-refractivity contribution in [2.24, 2.45) is 5.10 Å². The Morgan fingerprint density at radius 3 is 3.14 bits per heavy atom. The molecule has 0 bridgehead atoms. The third kappa shape index (κ3) is 4.17. The first-order valence-electron chi connectivity index (χ1n) is 3.72. The fourth-order valence-electron chi connectivity index (χ4n) is 0.693. The number of thioether (sulfide) groups is 1. The molecule has 0 amide bonds. The van der Waals surface area contributed by atoms with Gasteiger partial charge < -0.3 is 0 Å². The first-order valence-corrected chi connectivity index (χ1v) is 6.14. The van der Waals surface area contributed by atoms with E-state index in [0.717, 1.165) is 10.3 Å². The summed E-state index contributed by atoms with van der Waals surface area (Å²) >= 11 is 9.62. The molecule has 0 aliphatic carbocycles. The average Bonchev–Trinajstić information content (AvgIpc) is 2.17. The van der Waals surface area contributed by atoms with E-state index in [-0.39, 0.29) is 0 Å². The lowest BCUT2D eigenvalue weighted by atomic mass is 10.4. The van der Waals surface area contributed by atoms with Crippen LogP contribution in [0.1, 0.15) is 5.69 Å². The Morgan fingerprint density at radius 1 is 1.71 bits per heavy atom. The van der Waals surface area contributed by atoms with Crippen LogP contribution in [0.5, 0.6) is 0 Å². The molecular weight excluding hydrogens is 282 g/mol. The van der Waals surface area contributed by atoms with Crippen LogP contribution in [0.4, 0.5) is 0 Å². The molecule has 74 valence electrons. The molecule has 1 N–H and O–H groups in total. The molecule has 1 rings (SSSR count). The summed E-state index contributed by atoms with van der Waals surface area (Å²) in [6.45, 7) is 0. The van der Waals surface area contributed by atoms with Crippen LogP contribution in [0, 0.1) is 0 Å². The Bertz CT molecular complexity index is 354. The standard InChI is InChI=1S/C8H8BrN3S2/c1-14-8(13)12-10-5-6-3-2-4-7(9)11-6/h2-5H,1H3,(H,12,13)/b10-5+. The van der Waals surface area contributed by atoms with E-state index in [1.165, 1.54) is 11.8 Å². The lowest BCUT2D eigenvalue weighted by Gasteiger charge is -1.96. The van der Waals surface area contributed by atoms with E-state index < -0.39 is 0 Å². The molecule has 14 heavy (non-hydrogen) atoms. The zero-order chi connectivity index (χ0) is 10.4. The monoisotopic (exact) mass is 289 g/mol. The van der Waals surface area contributed by atoms with E-state index >= 15 is 0 Å². The van der Waals surface area contributed by atoms with Gasteiger partial charge in [0.15, 0.2) is 4.32 Å². The second-order valence-electron chi connectivity index (χ2n) is 2.25. The van der Waals surface area contributed by atoms with E-state index in [4.69, 9.17) is 12.2 Å². The predicted octanol–water partition coefficient (Wildman–Crippen LogP) is 2.42. The SMILES string of the molecule is CSC(=S)N/N=C/c1cccc(Br)n1. The van der Waals surface area contributed by atoms with Crippen molar-refractivity contribution in [3.63, 3.8) is 0 Å². The van der Waals surface area contributed by atoms with Crippen molar-refractivity contribution in [2.45, 2.75) is 0 Å². The van der Waals surface area contributed by atoms with E-state index in [0.29, 0.717) is 4.32 Å². The summed E-state index contributed by atoms with van der Waals surface area (Å²) in [6.07, 6.45) is 3.51. The van der Waals surface area contributed by atoms with E-state index in [9.17, 15) is 0 Å². The summed E-state index contributed by atoms with van der Waals surface area (Å²) in [5.74, 6) is 0. The number of hydrogen-bond acceptors (Lipinski definition) is 4. The molecule has 0 unspecified atom stereocenters. The van der Waals surface area contributed by atoms with Gasteiger partial charge in [0.25, 0.3) is 0 Å². The van der Waals surface area contributed by atoms with E-state index in [2.05, 4.69) is 31.4 Å². The minimum absolute atomic E-state index is 0.635. The Hall–Kier alpha value is -0.460. The maximum Gasteiger partial charge on any atom is 0.153 e. The summed E-state index contributed by atoms with van der Waals surface area (Å²) in [6, 6.07) is 5.61. The Morgan fingerprint density at radius 2 is 2.50 bits per heavy atom. The minimum Gasteiger partial charge on any atom is -0.262 e.